The van der Waals surface area contributed by atoms with Crippen LogP contribution < -0.4 is 11.0 Å². The number of nitrogens with one attached hydrogen (secondary N) is 3. The van der Waals surface area contributed by atoms with E-state index in [1.54, 1.807) is 19.1 Å². The lowest BCUT2D eigenvalue weighted by Crippen LogP contribution is -2.23. The Morgan fingerprint density at radius 1 is 1.56 bits per heavy atom. The van der Waals surface area contributed by atoms with Gasteiger partial charge in [0.15, 0.2) is 0 Å². The van der Waals surface area contributed by atoms with E-state index in [1.165, 1.54) is 12.5 Å². The average Bonchev–Trinajstić information content (AvgIpc) is 2.94. The van der Waals surface area contributed by atoms with E-state index in [9.17, 15) is 9.59 Å². The number of aromatic nitrogens is 2. The molecule has 0 fully saturated rings. The Kier molecular flexibility index (Phi) is 3.42. The number of H-pyrrole nitrogens is 2. The number of rotatable bonds is 4. The van der Waals surface area contributed by atoms with Crippen LogP contribution in [0.1, 0.15) is 17.0 Å². The summed E-state index contributed by atoms with van der Waals surface area (Å²) in [7, 11) is 0. The van der Waals surface area contributed by atoms with E-state index in [4.69, 9.17) is 4.42 Å². The molecule has 0 spiro atoms. The number of nitrogens with zero attached hydrogens (tertiary/aromatic N) is 1. The number of hydrogen-bond acceptors (Lipinski definition) is 4. The maximum atomic E-state index is 11.5. The summed E-state index contributed by atoms with van der Waals surface area (Å²) in [5.41, 5.74) is 3.07. The fraction of sp³-hybridized carbons (Fsp3) is 0.182. The van der Waals surface area contributed by atoms with Crippen molar-refractivity contribution in [2.24, 2.45) is 5.10 Å². The predicted molar refractivity (Wildman–Crippen MR) is 64.3 cm³/mol. The molecule has 2 aromatic heterocycles. The highest BCUT2D eigenvalue weighted by atomic mass is 16.3. The summed E-state index contributed by atoms with van der Waals surface area (Å²) in [5, 5.41) is 8.77. The van der Waals surface area contributed by atoms with E-state index in [-0.39, 0.29) is 17.9 Å². The van der Waals surface area contributed by atoms with Gasteiger partial charge in [0.05, 0.1) is 18.9 Å². The molecule has 0 atom stereocenters. The van der Waals surface area contributed by atoms with Crippen LogP contribution in [0.4, 0.5) is 0 Å². The molecular formula is C11H12N4O3. The molecular weight excluding hydrogens is 236 g/mol. The van der Waals surface area contributed by atoms with Crippen LogP contribution in [-0.2, 0) is 11.2 Å². The van der Waals surface area contributed by atoms with E-state index in [2.05, 4.69) is 20.7 Å². The van der Waals surface area contributed by atoms with E-state index >= 15 is 0 Å². The van der Waals surface area contributed by atoms with Gasteiger partial charge in [-0.25, -0.2) is 5.43 Å². The molecule has 0 saturated carbocycles. The van der Waals surface area contributed by atoms with Gasteiger partial charge in [0.25, 0.3) is 5.56 Å². The molecule has 0 saturated heterocycles. The molecule has 7 nitrogen and oxygen atoms in total. The summed E-state index contributed by atoms with van der Waals surface area (Å²) in [6.45, 7) is 1.71. The molecule has 0 aromatic carbocycles. The average molecular weight is 248 g/mol. The van der Waals surface area contributed by atoms with Crippen LogP contribution in [0.3, 0.4) is 0 Å². The Balaban J connectivity index is 1.92. The Labute approximate surface area is 102 Å². The fourth-order valence-corrected chi connectivity index (χ4v) is 1.42. The molecule has 2 rings (SSSR count). The van der Waals surface area contributed by atoms with Crippen LogP contribution in [0.5, 0.6) is 0 Å². The maximum Gasteiger partial charge on any atom is 0.267 e. The molecule has 18 heavy (non-hydrogen) atoms. The predicted octanol–water partition coefficient (Wildman–Crippen LogP) is 0.297. The minimum atomic E-state index is -0.369. The zero-order valence-corrected chi connectivity index (χ0v) is 9.69. The number of aryl methyl sites for hydroxylation is 1. The minimum Gasteiger partial charge on any atom is -0.463 e. The van der Waals surface area contributed by atoms with Crippen molar-refractivity contribution in [3.63, 3.8) is 0 Å². The molecule has 0 radical (unpaired) electrons. The lowest BCUT2D eigenvalue weighted by Gasteiger charge is -1.97. The first kappa shape index (κ1) is 11.9. The van der Waals surface area contributed by atoms with Crippen molar-refractivity contribution in [3.05, 3.63) is 45.8 Å². The van der Waals surface area contributed by atoms with Crippen LogP contribution >= 0.6 is 0 Å². The molecule has 1 amide bonds. The van der Waals surface area contributed by atoms with Crippen molar-refractivity contribution in [1.82, 2.24) is 15.6 Å². The van der Waals surface area contributed by atoms with Gasteiger partial charge in [-0.05, 0) is 19.1 Å². The highest BCUT2D eigenvalue weighted by Crippen LogP contribution is 1.98. The van der Waals surface area contributed by atoms with Crippen molar-refractivity contribution in [2.75, 3.05) is 0 Å². The second kappa shape index (κ2) is 5.17. The fourth-order valence-electron chi connectivity index (χ4n) is 1.42. The second-order valence-corrected chi connectivity index (χ2v) is 3.67. The van der Waals surface area contributed by atoms with Gasteiger partial charge < -0.3 is 9.52 Å². The third-order valence-electron chi connectivity index (χ3n) is 2.35. The van der Waals surface area contributed by atoms with Gasteiger partial charge in [0.2, 0.25) is 5.91 Å². The zero-order chi connectivity index (χ0) is 13.0. The summed E-state index contributed by atoms with van der Waals surface area (Å²) in [5.74, 6) is 0.164. The summed E-state index contributed by atoms with van der Waals surface area (Å²) in [6, 6.07) is 3.42. The van der Waals surface area contributed by atoms with Crippen LogP contribution in [-0.4, -0.2) is 22.3 Å². The van der Waals surface area contributed by atoms with Crippen molar-refractivity contribution >= 4 is 12.1 Å². The normalized spacial score (nSPS) is 10.9. The van der Waals surface area contributed by atoms with Gasteiger partial charge in [0, 0.05) is 11.3 Å². The van der Waals surface area contributed by atoms with Gasteiger partial charge in [-0.1, -0.05) is 0 Å². The molecule has 0 aliphatic rings. The number of furan rings is 1. The van der Waals surface area contributed by atoms with E-state index in [0.717, 1.165) is 0 Å². The molecule has 0 aliphatic carbocycles. The molecule has 0 bridgehead atoms. The number of hydrogen-bond donors (Lipinski definition) is 3. The van der Waals surface area contributed by atoms with E-state index < -0.39 is 0 Å². The lowest BCUT2D eigenvalue weighted by molar-refractivity contribution is -0.120. The Hall–Kier alpha value is -2.57. The molecule has 94 valence electrons. The lowest BCUT2D eigenvalue weighted by atomic mass is 10.2. The summed E-state index contributed by atoms with van der Waals surface area (Å²) in [4.78, 5) is 22.8. The molecule has 2 heterocycles. The Morgan fingerprint density at radius 3 is 3.00 bits per heavy atom. The first-order chi connectivity index (χ1) is 8.66. The molecule has 3 N–H and O–H groups in total. The molecule has 0 aliphatic heterocycles. The SMILES string of the molecule is Cc1[nH][nH]c(=O)c1CC(=O)NN=Cc1ccco1. The monoisotopic (exact) mass is 248 g/mol. The number of aromatic amines is 2. The van der Waals surface area contributed by atoms with Gasteiger partial charge in [-0.3, -0.25) is 14.7 Å². The highest BCUT2D eigenvalue weighted by Gasteiger charge is 2.10. The van der Waals surface area contributed by atoms with Crippen molar-refractivity contribution in [1.29, 1.82) is 0 Å². The molecule has 2 aromatic rings. The van der Waals surface area contributed by atoms with Crippen molar-refractivity contribution in [3.8, 4) is 0 Å². The number of hydrazone groups is 1. The summed E-state index contributed by atoms with van der Waals surface area (Å²) in [6.07, 6.45) is 2.86. The molecule has 0 unspecified atom stereocenters. The van der Waals surface area contributed by atoms with Gasteiger partial charge in [0.1, 0.15) is 5.76 Å². The largest absolute Gasteiger partial charge is 0.463 e. The number of carbonyl (C=O) groups excluding carboxylic acids is 1. The Bertz CT molecular complexity index is 607. The number of carbonyl (C=O) groups is 1. The minimum absolute atomic E-state index is 0.0276. The van der Waals surface area contributed by atoms with Crippen LogP contribution in [0.15, 0.2) is 32.7 Å². The second-order valence-electron chi connectivity index (χ2n) is 3.67. The standard InChI is InChI=1S/C11H12N4O3/c1-7-9(11(17)15-13-7)5-10(16)14-12-6-8-3-2-4-18-8/h2-4,6H,5H2,1H3,(H,14,16)(H2,13,15,17). The van der Waals surface area contributed by atoms with Crippen LogP contribution in [0, 0.1) is 6.92 Å². The maximum absolute atomic E-state index is 11.5. The van der Waals surface area contributed by atoms with Gasteiger partial charge >= 0.3 is 0 Å². The highest BCUT2D eigenvalue weighted by molar-refractivity contribution is 5.81. The van der Waals surface area contributed by atoms with E-state index in [1.807, 2.05) is 0 Å². The first-order valence-corrected chi connectivity index (χ1v) is 5.28. The summed E-state index contributed by atoms with van der Waals surface area (Å²) < 4.78 is 5.00. The zero-order valence-electron chi connectivity index (χ0n) is 9.69. The third kappa shape index (κ3) is 2.76. The summed E-state index contributed by atoms with van der Waals surface area (Å²) >= 11 is 0. The van der Waals surface area contributed by atoms with Crippen LogP contribution in [0.2, 0.25) is 0 Å². The van der Waals surface area contributed by atoms with Gasteiger partial charge in [-0.15, -0.1) is 0 Å². The van der Waals surface area contributed by atoms with Crippen LogP contribution in [0.25, 0.3) is 0 Å². The van der Waals surface area contributed by atoms with E-state index in [0.29, 0.717) is 17.0 Å². The van der Waals surface area contributed by atoms with Gasteiger partial charge in [-0.2, -0.15) is 5.10 Å². The smallest absolute Gasteiger partial charge is 0.267 e. The topological polar surface area (TPSA) is 103 Å². The third-order valence-corrected chi connectivity index (χ3v) is 2.35. The number of amides is 1. The van der Waals surface area contributed by atoms with Crippen molar-refractivity contribution in [2.45, 2.75) is 13.3 Å². The van der Waals surface area contributed by atoms with Crippen molar-refractivity contribution < 1.29 is 9.21 Å². The Morgan fingerprint density at radius 2 is 2.39 bits per heavy atom. The molecule has 7 heteroatoms. The first-order valence-electron chi connectivity index (χ1n) is 5.28. The quantitative estimate of drug-likeness (QED) is 0.535.